The molecule has 1 fully saturated rings. The van der Waals surface area contributed by atoms with Crippen molar-refractivity contribution >= 4 is 11.9 Å². The van der Waals surface area contributed by atoms with E-state index in [0.29, 0.717) is 24.2 Å². The zero-order valence-corrected chi connectivity index (χ0v) is 13.5. The van der Waals surface area contributed by atoms with Gasteiger partial charge in [-0.25, -0.2) is 0 Å². The average Bonchev–Trinajstić information content (AvgIpc) is 3.25. The Morgan fingerprint density at radius 2 is 2.13 bits per heavy atom. The normalized spacial score (nSPS) is 15.4. The molecule has 3 rings (SSSR count). The lowest BCUT2D eigenvalue weighted by Crippen LogP contribution is -2.13. The van der Waals surface area contributed by atoms with E-state index in [-0.39, 0.29) is 18.2 Å². The molecule has 0 radical (unpaired) electrons. The van der Waals surface area contributed by atoms with Crippen LogP contribution in [-0.4, -0.2) is 31.2 Å². The number of aromatic amines is 1. The highest BCUT2D eigenvalue weighted by Crippen LogP contribution is 2.32. The Morgan fingerprint density at radius 1 is 1.35 bits per heavy atom. The molecule has 1 aliphatic rings. The average molecular weight is 318 g/mol. The van der Waals surface area contributed by atoms with E-state index in [1.165, 1.54) is 12.8 Å². The van der Waals surface area contributed by atoms with E-state index < -0.39 is 0 Å². The first kappa shape index (κ1) is 15.6. The van der Waals surface area contributed by atoms with Crippen molar-refractivity contribution in [3.05, 3.63) is 17.5 Å². The number of aryl methyl sites for hydroxylation is 1. The second kappa shape index (κ2) is 6.89. The predicted molar refractivity (Wildman–Crippen MR) is 82.9 cm³/mol. The fourth-order valence-electron chi connectivity index (χ4n) is 2.72. The van der Waals surface area contributed by atoms with Crippen molar-refractivity contribution in [3.8, 4) is 0 Å². The van der Waals surface area contributed by atoms with Crippen LogP contribution in [-0.2, 0) is 11.2 Å². The summed E-state index contributed by atoms with van der Waals surface area (Å²) in [5.74, 6) is 2.84. The van der Waals surface area contributed by atoms with Crippen LogP contribution in [0.25, 0.3) is 0 Å². The first-order chi connectivity index (χ1) is 11.1. The molecule has 0 spiro atoms. The van der Waals surface area contributed by atoms with Gasteiger partial charge in [0.2, 0.25) is 17.7 Å². The molecule has 1 amide bonds. The zero-order chi connectivity index (χ0) is 16.2. The van der Waals surface area contributed by atoms with Gasteiger partial charge in [-0.15, -0.1) is 5.10 Å². The Kier molecular flexibility index (Phi) is 4.68. The van der Waals surface area contributed by atoms with Crippen molar-refractivity contribution in [2.75, 3.05) is 5.32 Å². The molecule has 0 aromatic carbocycles. The molecule has 2 N–H and O–H groups in total. The molecule has 23 heavy (non-hydrogen) atoms. The van der Waals surface area contributed by atoms with Gasteiger partial charge in [0.25, 0.3) is 0 Å². The lowest BCUT2D eigenvalue weighted by molar-refractivity contribution is -0.116. The van der Waals surface area contributed by atoms with Gasteiger partial charge in [0.05, 0.1) is 0 Å². The standard InChI is InChI=1S/C15H22N6O2/c1-9(2)13-18-15(20-19-13)16-11(22)7-8-12-17-14(21-23-12)10-5-3-4-6-10/h9-10H,3-8H2,1-2H3,(H2,16,18,19,20,22). The quantitative estimate of drug-likeness (QED) is 0.847. The summed E-state index contributed by atoms with van der Waals surface area (Å²) in [6.45, 7) is 4.01. The fraction of sp³-hybridized carbons (Fsp3) is 0.667. The Labute approximate surface area is 134 Å². The lowest BCUT2D eigenvalue weighted by Gasteiger charge is -2.00. The van der Waals surface area contributed by atoms with E-state index in [1.54, 1.807) is 0 Å². The molecule has 0 aliphatic heterocycles. The summed E-state index contributed by atoms with van der Waals surface area (Å²) in [7, 11) is 0. The van der Waals surface area contributed by atoms with Crippen molar-refractivity contribution in [2.45, 2.75) is 64.2 Å². The van der Waals surface area contributed by atoms with Gasteiger partial charge in [-0.05, 0) is 12.8 Å². The molecular weight excluding hydrogens is 296 g/mol. The van der Waals surface area contributed by atoms with Crippen LogP contribution in [0.3, 0.4) is 0 Å². The van der Waals surface area contributed by atoms with Crippen LogP contribution >= 0.6 is 0 Å². The van der Waals surface area contributed by atoms with Crippen molar-refractivity contribution in [1.82, 2.24) is 25.3 Å². The van der Waals surface area contributed by atoms with Crippen LogP contribution in [0.4, 0.5) is 5.95 Å². The van der Waals surface area contributed by atoms with Crippen LogP contribution in [0.1, 0.15) is 75.3 Å². The SMILES string of the molecule is CC(C)c1nc(NC(=O)CCc2nc(C3CCCC3)no2)n[nH]1. The van der Waals surface area contributed by atoms with E-state index in [2.05, 4.69) is 30.6 Å². The zero-order valence-electron chi connectivity index (χ0n) is 13.5. The van der Waals surface area contributed by atoms with Gasteiger partial charge in [0.1, 0.15) is 5.82 Å². The lowest BCUT2D eigenvalue weighted by atomic mass is 10.1. The molecule has 8 nitrogen and oxygen atoms in total. The number of carbonyl (C=O) groups excluding carboxylic acids is 1. The van der Waals surface area contributed by atoms with Gasteiger partial charge in [-0.1, -0.05) is 31.8 Å². The minimum atomic E-state index is -0.167. The molecule has 0 bridgehead atoms. The number of nitrogens with zero attached hydrogens (tertiary/aromatic N) is 4. The maximum atomic E-state index is 11.9. The molecule has 8 heteroatoms. The van der Waals surface area contributed by atoms with Crippen molar-refractivity contribution in [1.29, 1.82) is 0 Å². The minimum Gasteiger partial charge on any atom is -0.339 e. The van der Waals surface area contributed by atoms with Crippen molar-refractivity contribution < 1.29 is 9.32 Å². The number of amides is 1. The second-order valence-corrected chi connectivity index (χ2v) is 6.27. The summed E-state index contributed by atoms with van der Waals surface area (Å²) < 4.78 is 5.23. The molecule has 2 heterocycles. The second-order valence-electron chi connectivity index (χ2n) is 6.27. The van der Waals surface area contributed by atoms with Crippen LogP contribution in [0.2, 0.25) is 0 Å². The highest BCUT2D eigenvalue weighted by molar-refractivity contribution is 5.88. The summed E-state index contributed by atoms with van der Waals surface area (Å²) in [5.41, 5.74) is 0. The third-order valence-corrected chi connectivity index (χ3v) is 4.07. The number of H-pyrrole nitrogens is 1. The van der Waals surface area contributed by atoms with Gasteiger partial charge < -0.3 is 4.52 Å². The first-order valence-electron chi connectivity index (χ1n) is 8.16. The molecule has 0 unspecified atom stereocenters. The van der Waals surface area contributed by atoms with Gasteiger partial charge in [-0.2, -0.15) is 9.97 Å². The first-order valence-corrected chi connectivity index (χ1v) is 8.16. The molecule has 0 saturated heterocycles. The highest BCUT2D eigenvalue weighted by atomic mass is 16.5. The topological polar surface area (TPSA) is 110 Å². The number of nitrogens with one attached hydrogen (secondary N) is 2. The molecule has 2 aromatic heterocycles. The van der Waals surface area contributed by atoms with E-state index >= 15 is 0 Å². The number of carbonyl (C=O) groups is 1. The predicted octanol–water partition coefficient (Wildman–Crippen LogP) is 2.54. The van der Waals surface area contributed by atoms with Gasteiger partial charge >= 0.3 is 0 Å². The smallest absolute Gasteiger partial charge is 0.248 e. The number of hydrogen-bond donors (Lipinski definition) is 2. The molecule has 0 atom stereocenters. The van der Waals surface area contributed by atoms with Gasteiger partial charge in [0, 0.05) is 24.7 Å². The molecular formula is C15H22N6O2. The number of anilines is 1. The molecule has 1 aliphatic carbocycles. The van der Waals surface area contributed by atoms with Crippen LogP contribution in [0, 0.1) is 0 Å². The molecule has 1 saturated carbocycles. The highest BCUT2D eigenvalue weighted by Gasteiger charge is 2.22. The molecule has 124 valence electrons. The van der Waals surface area contributed by atoms with Gasteiger partial charge in [0.15, 0.2) is 5.82 Å². The summed E-state index contributed by atoms with van der Waals surface area (Å²) in [5, 5.41) is 13.5. The Bertz CT molecular complexity index is 656. The van der Waals surface area contributed by atoms with Crippen molar-refractivity contribution in [2.24, 2.45) is 0 Å². The minimum absolute atomic E-state index is 0.167. The third kappa shape index (κ3) is 3.94. The van der Waals surface area contributed by atoms with Crippen LogP contribution in [0.5, 0.6) is 0 Å². The fourth-order valence-corrected chi connectivity index (χ4v) is 2.72. The Morgan fingerprint density at radius 3 is 2.83 bits per heavy atom. The summed E-state index contributed by atoms with van der Waals surface area (Å²) in [4.78, 5) is 20.5. The van der Waals surface area contributed by atoms with E-state index in [4.69, 9.17) is 4.52 Å². The Hall–Kier alpha value is -2.25. The van der Waals surface area contributed by atoms with Crippen LogP contribution < -0.4 is 5.32 Å². The summed E-state index contributed by atoms with van der Waals surface area (Å²) in [6.07, 6.45) is 5.40. The summed E-state index contributed by atoms with van der Waals surface area (Å²) >= 11 is 0. The van der Waals surface area contributed by atoms with Crippen molar-refractivity contribution in [3.63, 3.8) is 0 Å². The van der Waals surface area contributed by atoms with Crippen LogP contribution in [0.15, 0.2) is 4.52 Å². The Balaban J connectivity index is 1.48. The van der Waals surface area contributed by atoms with Gasteiger partial charge in [-0.3, -0.25) is 15.2 Å². The number of hydrogen-bond acceptors (Lipinski definition) is 6. The van der Waals surface area contributed by atoms with E-state index in [1.807, 2.05) is 13.8 Å². The number of rotatable bonds is 6. The largest absolute Gasteiger partial charge is 0.339 e. The maximum Gasteiger partial charge on any atom is 0.248 e. The van der Waals surface area contributed by atoms with E-state index in [0.717, 1.165) is 24.5 Å². The molecule has 2 aromatic rings. The third-order valence-electron chi connectivity index (χ3n) is 4.07. The van der Waals surface area contributed by atoms with E-state index in [9.17, 15) is 4.79 Å². The maximum absolute atomic E-state index is 11.9. The number of aromatic nitrogens is 5. The summed E-state index contributed by atoms with van der Waals surface area (Å²) in [6, 6.07) is 0. The monoisotopic (exact) mass is 318 g/mol.